The van der Waals surface area contributed by atoms with Gasteiger partial charge in [0.1, 0.15) is 0 Å². The smallest absolute Gasteiger partial charge is 0.493 e. The summed E-state index contributed by atoms with van der Waals surface area (Å²) >= 11 is 0. The normalized spacial score (nSPS) is 15.8. The molecule has 1 aliphatic carbocycles. The Morgan fingerprint density at radius 1 is 1.08 bits per heavy atom. The first-order valence-electron chi connectivity index (χ1n) is 9.09. The van der Waals surface area contributed by atoms with Crippen LogP contribution in [-0.2, 0) is 17.3 Å². The second-order valence-corrected chi connectivity index (χ2v) is 11.7. The Morgan fingerprint density at radius 3 is 2.08 bits per heavy atom. The van der Waals surface area contributed by atoms with E-state index in [0.717, 1.165) is 37.2 Å². The van der Waals surface area contributed by atoms with E-state index in [-0.39, 0.29) is 18.9 Å². The van der Waals surface area contributed by atoms with Crippen LogP contribution < -0.4 is 33.1 Å². The molecular formula is C20H35LiO4Si. The van der Waals surface area contributed by atoms with E-state index in [2.05, 4.69) is 39.6 Å². The fraction of sp³-hybridized carbons (Fsp3) is 0.650. The van der Waals surface area contributed by atoms with Crippen LogP contribution >= 0.6 is 0 Å². The molecule has 0 spiro atoms. The third kappa shape index (κ3) is 7.19. The van der Waals surface area contributed by atoms with E-state index in [4.69, 9.17) is 18.6 Å². The molecule has 0 saturated carbocycles. The SMILES string of the molecule is COc1cc2c(c(OC)c1OC)CCC(O[Si](C)(C)C)C2.[CH2-]CCC.[Li+]. The predicted octanol–water partition coefficient (Wildman–Crippen LogP) is 2.05. The first-order valence-corrected chi connectivity index (χ1v) is 12.5. The Bertz CT molecular complexity index is 542. The molecule has 144 valence electrons. The molecule has 0 heterocycles. The van der Waals surface area contributed by atoms with E-state index in [1.54, 1.807) is 21.3 Å². The Balaban J connectivity index is 0.00000113. The van der Waals surface area contributed by atoms with Crippen molar-refractivity contribution in [1.82, 2.24) is 0 Å². The zero-order valence-electron chi connectivity index (χ0n) is 18.0. The fourth-order valence-electron chi connectivity index (χ4n) is 2.98. The minimum Gasteiger partial charge on any atom is -0.493 e. The van der Waals surface area contributed by atoms with Crippen LogP contribution in [-0.4, -0.2) is 35.8 Å². The van der Waals surface area contributed by atoms with Gasteiger partial charge in [0.15, 0.2) is 19.8 Å². The maximum absolute atomic E-state index is 6.27. The maximum Gasteiger partial charge on any atom is 1.00 e. The van der Waals surface area contributed by atoms with Crippen molar-refractivity contribution in [3.05, 3.63) is 24.1 Å². The molecule has 1 aromatic rings. The molecule has 0 N–H and O–H groups in total. The van der Waals surface area contributed by atoms with Gasteiger partial charge in [-0.25, -0.2) is 0 Å². The van der Waals surface area contributed by atoms with Crippen LogP contribution in [0.5, 0.6) is 17.2 Å². The van der Waals surface area contributed by atoms with E-state index in [0.29, 0.717) is 11.9 Å². The molecule has 0 bridgehead atoms. The van der Waals surface area contributed by atoms with Gasteiger partial charge in [-0.05, 0) is 50.5 Å². The van der Waals surface area contributed by atoms with Crippen molar-refractivity contribution in [3.8, 4) is 17.2 Å². The quantitative estimate of drug-likeness (QED) is 0.564. The maximum atomic E-state index is 6.27. The van der Waals surface area contributed by atoms with Crippen LogP contribution in [0.3, 0.4) is 0 Å². The van der Waals surface area contributed by atoms with E-state index >= 15 is 0 Å². The van der Waals surface area contributed by atoms with Crippen LogP contribution in [0.15, 0.2) is 6.07 Å². The molecule has 1 aromatic carbocycles. The molecule has 0 amide bonds. The third-order valence-corrected chi connectivity index (χ3v) is 5.10. The van der Waals surface area contributed by atoms with Crippen LogP contribution in [0, 0.1) is 6.92 Å². The standard InChI is InChI=1S/C16H26O4Si.C4H9.Li/c1-17-14-10-11-9-12(20-21(4,5)6)7-8-13(11)15(18-2)16(14)19-3;1-3-4-2;/h10,12H,7-9H2,1-6H3;1,3-4H2,2H3;/q;-1;+1. The van der Waals surface area contributed by atoms with E-state index in [1.807, 2.05) is 0 Å². The molecule has 26 heavy (non-hydrogen) atoms. The second kappa shape index (κ2) is 12.0. The van der Waals surface area contributed by atoms with Crippen molar-refractivity contribution in [2.45, 2.75) is 64.8 Å². The summed E-state index contributed by atoms with van der Waals surface area (Å²) in [6.45, 7) is 12.4. The third-order valence-electron chi connectivity index (χ3n) is 4.06. The van der Waals surface area contributed by atoms with Crippen LogP contribution in [0.1, 0.15) is 37.3 Å². The molecule has 0 aliphatic heterocycles. The van der Waals surface area contributed by atoms with E-state index in [1.165, 1.54) is 17.5 Å². The first-order chi connectivity index (χ1) is 11.8. The fourth-order valence-corrected chi connectivity index (χ4v) is 4.18. The molecule has 1 unspecified atom stereocenters. The largest absolute Gasteiger partial charge is 1.00 e. The molecule has 4 nitrogen and oxygen atoms in total. The summed E-state index contributed by atoms with van der Waals surface area (Å²) in [6, 6.07) is 2.07. The van der Waals surface area contributed by atoms with Gasteiger partial charge in [-0.2, -0.15) is 6.42 Å². The summed E-state index contributed by atoms with van der Waals surface area (Å²) in [5.41, 5.74) is 2.48. The number of fused-ring (bicyclic) bond motifs is 1. The van der Waals surface area contributed by atoms with Gasteiger partial charge < -0.3 is 25.6 Å². The van der Waals surface area contributed by atoms with Crippen molar-refractivity contribution in [3.63, 3.8) is 0 Å². The average Bonchev–Trinajstić information content (AvgIpc) is 2.58. The summed E-state index contributed by atoms with van der Waals surface area (Å²) < 4.78 is 22.7. The number of rotatable bonds is 6. The summed E-state index contributed by atoms with van der Waals surface area (Å²) in [6.07, 6.45) is 5.47. The average molecular weight is 375 g/mol. The Labute approximate surface area is 173 Å². The molecular weight excluding hydrogens is 339 g/mol. The van der Waals surface area contributed by atoms with Gasteiger partial charge >= 0.3 is 18.9 Å². The van der Waals surface area contributed by atoms with Gasteiger partial charge in [-0.1, -0.05) is 13.3 Å². The van der Waals surface area contributed by atoms with Crippen LogP contribution in [0.25, 0.3) is 0 Å². The van der Waals surface area contributed by atoms with Crippen molar-refractivity contribution in [2.75, 3.05) is 21.3 Å². The van der Waals surface area contributed by atoms with Crippen molar-refractivity contribution in [1.29, 1.82) is 0 Å². The second-order valence-electron chi connectivity index (χ2n) is 7.23. The number of unbranched alkanes of at least 4 members (excludes halogenated alkanes) is 1. The first kappa shape index (κ1) is 25.4. The summed E-state index contributed by atoms with van der Waals surface area (Å²) in [5.74, 6) is 2.21. The monoisotopic (exact) mass is 374 g/mol. The molecule has 6 heteroatoms. The summed E-state index contributed by atoms with van der Waals surface area (Å²) in [7, 11) is 3.47. The Kier molecular flexibility index (Phi) is 11.7. The van der Waals surface area contributed by atoms with Crippen molar-refractivity contribution in [2.24, 2.45) is 0 Å². The van der Waals surface area contributed by atoms with E-state index < -0.39 is 8.32 Å². The van der Waals surface area contributed by atoms with E-state index in [9.17, 15) is 0 Å². The summed E-state index contributed by atoms with van der Waals surface area (Å²) in [5, 5.41) is 0. The molecule has 1 aliphatic rings. The Hall–Kier alpha value is -0.606. The number of methoxy groups -OCH3 is 3. The number of benzene rings is 1. The number of hydrogen-bond donors (Lipinski definition) is 0. The minimum absolute atomic E-state index is 0. The molecule has 2 rings (SSSR count). The predicted molar refractivity (Wildman–Crippen MR) is 107 cm³/mol. The number of hydrogen-bond acceptors (Lipinski definition) is 4. The van der Waals surface area contributed by atoms with Gasteiger partial charge in [-0.15, -0.1) is 0 Å². The topological polar surface area (TPSA) is 36.9 Å². The zero-order valence-corrected chi connectivity index (χ0v) is 19.0. The molecule has 0 saturated heterocycles. The zero-order chi connectivity index (χ0) is 19.0. The van der Waals surface area contributed by atoms with Crippen LogP contribution in [0.4, 0.5) is 0 Å². The Morgan fingerprint density at radius 2 is 1.65 bits per heavy atom. The van der Waals surface area contributed by atoms with Crippen molar-refractivity contribution >= 4 is 8.32 Å². The van der Waals surface area contributed by atoms with Gasteiger partial charge in [0, 0.05) is 11.7 Å². The molecule has 0 fully saturated rings. The summed E-state index contributed by atoms with van der Waals surface area (Å²) in [4.78, 5) is 0. The van der Waals surface area contributed by atoms with Gasteiger partial charge in [0.05, 0.1) is 21.3 Å². The molecule has 0 aromatic heterocycles. The number of ether oxygens (including phenoxy) is 3. The van der Waals surface area contributed by atoms with Crippen LogP contribution in [0.2, 0.25) is 19.6 Å². The molecule has 0 radical (unpaired) electrons. The van der Waals surface area contributed by atoms with Gasteiger partial charge in [0.25, 0.3) is 0 Å². The van der Waals surface area contributed by atoms with Gasteiger partial charge in [-0.3, -0.25) is 0 Å². The van der Waals surface area contributed by atoms with Crippen molar-refractivity contribution < 1.29 is 37.5 Å². The molecule has 1 atom stereocenters. The minimum atomic E-state index is -1.51. The van der Waals surface area contributed by atoms with Gasteiger partial charge in [0.2, 0.25) is 5.75 Å².